The van der Waals surface area contributed by atoms with Gasteiger partial charge in [0, 0.05) is 31.3 Å². The molecule has 8 heteroatoms. The third kappa shape index (κ3) is 5.27. The summed E-state index contributed by atoms with van der Waals surface area (Å²) < 4.78 is 35.1. The fourth-order valence-electron chi connectivity index (χ4n) is 3.49. The number of carbonyl (C=O) groups excluding carboxylic acids is 1. The minimum Gasteiger partial charge on any atom is -0.493 e. The number of hydrogen-bond acceptors (Lipinski definition) is 7. The van der Waals surface area contributed by atoms with Crippen LogP contribution in [-0.2, 0) is 17.8 Å². The molecule has 0 amide bonds. The number of hydrogen-bond donors (Lipinski definition) is 0. The van der Waals surface area contributed by atoms with Gasteiger partial charge in [-0.15, -0.1) is 0 Å². The molecule has 1 saturated heterocycles. The van der Waals surface area contributed by atoms with E-state index in [1.807, 2.05) is 0 Å². The molecule has 1 aliphatic heterocycles. The van der Waals surface area contributed by atoms with E-state index in [2.05, 4.69) is 14.5 Å². The second-order valence-electron chi connectivity index (χ2n) is 6.96. The van der Waals surface area contributed by atoms with E-state index in [0.717, 1.165) is 38.4 Å². The summed E-state index contributed by atoms with van der Waals surface area (Å²) >= 11 is 0. The van der Waals surface area contributed by atoms with Crippen LogP contribution in [-0.4, -0.2) is 63.3 Å². The van der Waals surface area contributed by atoms with Crippen molar-refractivity contribution >= 4 is 5.97 Å². The lowest BCUT2D eigenvalue weighted by Crippen LogP contribution is -2.30. The first-order valence-corrected chi connectivity index (χ1v) is 9.56. The van der Waals surface area contributed by atoms with Crippen LogP contribution < -0.4 is 9.47 Å². The SMILES string of the molecule is COC(=O)c1ccc(CN2CCCN(Cc3cc(OC)c(OC)cc3F)CC2)o1. The Hall–Kier alpha value is -2.58. The highest BCUT2D eigenvalue weighted by atomic mass is 19.1. The van der Waals surface area contributed by atoms with Crippen LogP contribution in [0.25, 0.3) is 0 Å². The van der Waals surface area contributed by atoms with Crippen molar-refractivity contribution in [3.8, 4) is 11.5 Å². The monoisotopic (exact) mass is 406 g/mol. The summed E-state index contributed by atoms with van der Waals surface area (Å²) in [5, 5.41) is 0. The lowest BCUT2D eigenvalue weighted by molar-refractivity contribution is 0.0561. The van der Waals surface area contributed by atoms with Crippen LogP contribution in [0.4, 0.5) is 4.39 Å². The zero-order valence-corrected chi connectivity index (χ0v) is 17.1. The molecule has 0 radical (unpaired) electrons. The number of rotatable bonds is 7. The molecule has 7 nitrogen and oxygen atoms in total. The Labute approximate surface area is 169 Å². The molecule has 1 aromatic carbocycles. The Kier molecular flexibility index (Phi) is 7.11. The summed E-state index contributed by atoms with van der Waals surface area (Å²) in [4.78, 5) is 16.0. The van der Waals surface area contributed by atoms with E-state index in [0.29, 0.717) is 30.2 Å². The Balaban J connectivity index is 1.59. The van der Waals surface area contributed by atoms with Gasteiger partial charge in [0.25, 0.3) is 0 Å². The predicted molar refractivity (Wildman–Crippen MR) is 105 cm³/mol. The number of methoxy groups -OCH3 is 3. The molecule has 0 aliphatic carbocycles. The molecule has 1 aromatic heterocycles. The Morgan fingerprint density at radius 2 is 1.66 bits per heavy atom. The minimum atomic E-state index is -0.477. The van der Waals surface area contributed by atoms with Crippen molar-refractivity contribution in [1.82, 2.24) is 9.80 Å². The van der Waals surface area contributed by atoms with Gasteiger partial charge < -0.3 is 18.6 Å². The van der Waals surface area contributed by atoms with Crippen LogP contribution in [0.15, 0.2) is 28.7 Å². The van der Waals surface area contributed by atoms with Gasteiger partial charge in [-0.05, 0) is 37.7 Å². The van der Waals surface area contributed by atoms with Gasteiger partial charge in [-0.2, -0.15) is 0 Å². The standard InChI is InChI=1S/C21H27FN2O5/c1-26-19-11-15(17(22)12-20(19)27-2)13-23-7-4-8-24(10-9-23)14-16-5-6-18(29-16)21(25)28-3/h5-6,11-12H,4,7-10,13-14H2,1-3H3. The molecule has 0 unspecified atom stereocenters. The van der Waals surface area contributed by atoms with Crippen LogP contribution in [0, 0.1) is 5.82 Å². The number of carbonyl (C=O) groups is 1. The normalized spacial score (nSPS) is 15.7. The number of nitrogens with zero attached hydrogens (tertiary/aromatic N) is 2. The molecular weight excluding hydrogens is 379 g/mol. The van der Waals surface area contributed by atoms with Crippen molar-refractivity contribution in [3.05, 3.63) is 47.2 Å². The van der Waals surface area contributed by atoms with E-state index in [9.17, 15) is 9.18 Å². The lowest BCUT2D eigenvalue weighted by Gasteiger charge is -2.22. The molecule has 0 saturated carbocycles. The molecule has 0 N–H and O–H groups in total. The van der Waals surface area contributed by atoms with Gasteiger partial charge in [0.15, 0.2) is 11.5 Å². The second-order valence-corrected chi connectivity index (χ2v) is 6.96. The molecule has 0 spiro atoms. The van der Waals surface area contributed by atoms with Crippen molar-refractivity contribution in [1.29, 1.82) is 0 Å². The number of ether oxygens (including phenoxy) is 3. The summed E-state index contributed by atoms with van der Waals surface area (Å²) in [5.74, 6) is 1.08. The third-order valence-electron chi connectivity index (χ3n) is 5.06. The van der Waals surface area contributed by atoms with Gasteiger partial charge in [-0.3, -0.25) is 9.80 Å². The first-order chi connectivity index (χ1) is 14.0. The van der Waals surface area contributed by atoms with E-state index in [1.54, 1.807) is 25.3 Å². The summed E-state index contributed by atoms with van der Waals surface area (Å²) in [6.45, 7) is 4.53. The first kappa shape index (κ1) is 21.1. The lowest BCUT2D eigenvalue weighted by atomic mass is 10.1. The molecule has 2 aromatic rings. The minimum absolute atomic E-state index is 0.211. The first-order valence-electron chi connectivity index (χ1n) is 9.56. The Bertz CT molecular complexity index is 838. The van der Waals surface area contributed by atoms with Gasteiger partial charge in [0.1, 0.15) is 11.6 Å². The highest BCUT2D eigenvalue weighted by Crippen LogP contribution is 2.30. The second kappa shape index (κ2) is 9.76. The highest BCUT2D eigenvalue weighted by molar-refractivity contribution is 5.86. The molecular formula is C21H27FN2O5. The third-order valence-corrected chi connectivity index (χ3v) is 5.06. The maximum absolute atomic E-state index is 14.4. The van der Waals surface area contributed by atoms with E-state index >= 15 is 0 Å². The average Bonchev–Trinajstić information content (AvgIpc) is 3.09. The summed E-state index contributed by atoms with van der Waals surface area (Å²) in [7, 11) is 4.37. The van der Waals surface area contributed by atoms with E-state index in [1.165, 1.54) is 20.3 Å². The van der Waals surface area contributed by atoms with Gasteiger partial charge in [0.2, 0.25) is 5.76 Å². The topological polar surface area (TPSA) is 64.4 Å². The van der Waals surface area contributed by atoms with Crippen molar-refractivity contribution in [2.75, 3.05) is 47.5 Å². The number of benzene rings is 1. The number of furan rings is 1. The highest BCUT2D eigenvalue weighted by Gasteiger charge is 2.20. The molecule has 2 heterocycles. The van der Waals surface area contributed by atoms with E-state index < -0.39 is 5.97 Å². The molecule has 3 rings (SSSR count). The summed E-state index contributed by atoms with van der Waals surface area (Å²) in [6, 6.07) is 6.50. The molecule has 0 atom stereocenters. The molecule has 1 fully saturated rings. The Morgan fingerprint density at radius 1 is 1.00 bits per heavy atom. The smallest absolute Gasteiger partial charge is 0.373 e. The molecule has 158 valence electrons. The van der Waals surface area contributed by atoms with Gasteiger partial charge in [-0.1, -0.05) is 0 Å². The van der Waals surface area contributed by atoms with Crippen LogP contribution in [0.2, 0.25) is 0 Å². The van der Waals surface area contributed by atoms with Crippen molar-refractivity contribution in [2.45, 2.75) is 19.5 Å². The van der Waals surface area contributed by atoms with E-state index in [4.69, 9.17) is 13.9 Å². The molecule has 29 heavy (non-hydrogen) atoms. The van der Waals surface area contributed by atoms with Crippen LogP contribution in [0.5, 0.6) is 11.5 Å². The van der Waals surface area contributed by atoms with Crippen molar-refractivity contribution in [2.24, 2.45) is 0 Å². The maximum Gasteiger partial charge on any atom is 0.373 e. The average molecular weight is 406 g/mol. The largest absolute Gasteiger partial charge is 0.493 e. The van der Waals surface area contributed by atoms with E-state index in [-0.39, 0.29) is 11.6 Å². The maximum atomic E-state index is 14.4. The zero-order valence-electron chi connectivity index (χ0n) is 17.1. The number of esters is 1. The fourth-order valence-corrected chi connectivity index (χ4v) is 3.49. The van der Waals surface area contributed by atoms with Crippen LogP contribution >= 0.6 is 0 Å². The van der Waals surface area contributed by atoms with Gasteiger partial charge in [0.05, 0.1) is 27.9 Å². The Morgan fingerprint density at radius 3 is 2.31 bits per heavy atom. The number of halogens is 1. The van der Waals surface area contributed by atoms with Crippen LogP contribution in [0.1, 0.15) is 28.3 Å². The quantitative estimate of drug-likeness (QED) is 0.655. The molecule has 0 bridgehead atoms. The van der Waals surface area contributed by atoms with Gasteiger partial charge >= 0.3 is 5.97 Å². The summed E-state index contributed by atoms with van der Waals surface area (Å²) in [5.41, 5.74) is 0.588. The molecule has 1 aliphatic rings. The van der Waals surface area contributed by atoms with Gasteiger partial charge in [-0.25, -0.2) is 9.18 Å². The van der Waals surface area contributed by atoms with Crippen LogP contribution in [0.3, 0.4) is 0 Å². The predicted octanol–water partition coefficient (Wildman–Crippen LogP) is 2.93. The summed E-state index contributed by atoms with van der Waals surface area (Å²) in [6.07, 6.45) is 0.958. The fraction of sp³-hybridized carbons (Fsp3) is 0.476. The van der Waals surface area contributed by atoms with Crippen molar-refractivity contribution < 1.29 is 27.8 Å². The zero-order chi connectivity index (χ0) is 20.8. The van der Waals surface area contributed by atoms with Crippen molar-refractivity contribution in [3.63, 3.8) is 0 Å².